The highest BCUT2D eigenvalue weighted by atomic mass is 19.1. The highest BCUT2D eigenvalue weighted by Gasteiger charge is 2.22. The summed E-state index contributed by atoms with van der Waals surface area (Å²) in [6.45, 7) is 14.1. The number of halogens is 1. The van der Waals surface area contributed by atoms with Gasteiger partial charge in [-0.15, -0.1) is 5.10 Å². The molecule has 4 aromatic rings. The maximum absolute atomic E-state index is 14.9. The van der Waals surface area contributed by atoms with Crippen molar-refractivity contribution in [3.8, 4) is 5.75 Å². The molecule has 1 fully saturated rings. The molecule has 0 radical (unpaired) electrons. The molecule has 0 unspecified atom stereocenters. The monoisotopic (exact) mass is 521 g/mol. The maximum atomic E-state index is 14.9. The van der Waals surface area contributed by atoms with Gasteiger partial charge in [0, 0.05) is 43.8 Å². The van der Waals surface area contributed by atoms with Crippen LogP contribution in [-0.2, 0) is 23.2 Å². The smallest absolute Gasteiger partial charge is 0.158 e. The second-order valence-corrected chi connectivity index (χ2v) is 10.8. The number of benzene rings is 1. The van der Waals surface area contributed by atoms with E-state index in [2.05, 4.69) is 37.1 Å². The Bertz CT molecular complexity index is 1450. The zero-order valence-corrected chi connectivity index (χ0v) is 23.0. The Morgan fingerprint density at radius 3 is 2.50 bits per heavy atom. The highest BCUT2D eigenvalue weighted by molar-refractivity contribution is 5.60. The fraction of sp³-hybridized carbons (Fsp3) is 0.464. The third-order valence-electron chi connectivity index (χ3n) is 6.79. The Morgan fingerprint density at radius 2 is 1.82 bits per heavy atom. The molecule has 0 amide bonds. The minimum Gasteiger partial charge on any atom is -0.497 e. The number of ether oxygens (including phenoxy) is 2. The van der Waals surface area contributed by atoms with Crippen LogP contribution >= 0.6 is 0 Å². The lowest BCUT2D eigenvalue weighted by Crippen LogP contribution is -2.35. The SMILES string of the molecule is COc1ccc(Cc2c(C)nc3c(CN4CCOCC4)cc(Nc4cc(C)nn4C(C)(C)C)nn23)c(F)c1. The molecule has 5 rings (SSSR count). The second kappa shape index (κ2) is 10.3. The third-order valence-corrected chi connectivity index (χ3v) is 6.79. The number of nitrogens with one attached hydrogen (secondary N) is 1. The molecule has 10 heteroatoms. The average Bonchev–Trinajstić information content (AvgIpc) is 3.40. The molecular formula is C28H36FN7O2. The molecule has 1 aromatic carbocycles. The summed E-state index contributed by atoms with van der Waals surface area (Å²) >= 11 is 0. The van der Waals surface area contributed by atoms with E-state index in [9.17, 15) is 4.39 Å². The Labute approximate surface area is 222 Å². The van der Waals surface area contributed by atoms with Crippen LogP contribution in [-0.4, -0.2) is 62.7 Å². The van der Waals surface area contributed by atoms with Crippen LogP contribution in [0.1, 0.15) is 49.0 Å². The summed E-state index contributed by atoms with van der Waals surface area (Å²) < 4.78 is 29.5. The van der Waals surface area contributed by atoms with Crippen LogP contribution in [0.25, 0.3) is 5.65 Å². The molecule has 0 atom stereocenters. The lowest BCUT2D eigenvalue weighted by Gasteiger charge is -2.27. The quantitative estimate of drug-likeness (QED) is 0.380. The number of rotatable bonds is 7. The molecule has 0 spiro atoms. The molecule has 0 bridgehead atoms. The largest absolute Gasteiger partial charge is 0.497 e. The molecule has 0 saturated carbocycles. The number of imidazole rings is 1. The van der Waals surface area contributed by atoms with Crippen molar-refractivity contribution in [2.45, 2.75) is 53.1 Å². The molecule has 1 saturated heterocycles. The first kappa shape index (κ1) is 26.1. The summed E-state index contributed by atoms with van der Waals surface area (Å²) in [5, 5.41) is 13.1. The number of anilines is 2. The molecule has 3 aromatic heterocycles. The van der Waals surface area contributed by atoms with Crippen molar-refractivity contribution in [1.82, 2.24) is 29.3 Å². The van der Waals surface area contributed by atoms with Gasteiger partial charge in [0.15, 0.2) is 11.5 Å². The maximum Gasteiger partial charge on any atom is 0.158 e. The van der Waals surface area contributed by atoms with E-state index in [0.717, 1.165) is 47.2 Å². The van der Waals surface area contributed by atoms with Crippen LogP contribution in [0.4, 0.5) is 16.0 Å². The summed E-state index contributed by atoms with van der Waals surface area (Å²) in [7, 11) is 1.53. The minimum atomic E-state index is -0.314. The van der Waals surface area contributed by atoms with Crippen molar-refractivity contribution in [1.29, 1.82) is 0 Å². The zero-order valence-electron chi connectivity index (χ0n) is 23.0. The number of morpholine rings is 1. The predicted octanol–water partition coefficient (Wildman–Crippen LogP) is 4.61. The minimum absolute atomic E-state index is 0.208. The van der Waals surface area contributed by atoms with E-state index in [4.69, 9.17) is 24.7 Å². The fourth-order valence-electron chi connectivity index (χ4n) is 4.82. The number of aryl methyl sites for hydroxylation is 2. The zero-order chi connectivity index (χ0) is 27.0. The summed E-state index contributed by atoms with van der Waals surface area (Å²) in [6, 6.07) is 9.02. The van der Waals surface area contributed by atoms with Crippen LogP contribution < -0.4 is 10.1 Å². The highest BCUT2D eigenvalue weighted by Crippen LogP contribution is 2.27. The van der Waals surface area contributed by atoms with Gasteiger partial charge in [-0.05, 0) is 52.3 Å². The molecule has 1 aliphatic heterocycles. The van der Waals surface area contributed by atoms with Gasteiger partial charge in [-0.25, -0.2) is 18.6 Å². The predicted molar refractivity (Wildman–Crippen MR) is 145 cm³/mol. The number of aromatic nitrogens is 5. The molecule has 202 valence electrons. The van der Waals surface area contributed by atoms with E-state index in [1.807, 2.05) is 29.1 Å². The van der Waals surface area contributed by atoms with Crippen LogP contribution in [0.15, 0.2) is 30.3 Å². The first-order valence-electron chi connectivity index (χ1n) is 13.0. The summed E-state index contributed by atoms with van der Waals surface area (Å²) in [6.07, 6.45) is 0.356. The fourth-order valence-corrected chi connectivity index (χ4v) is 4.82. The topological polar surface area (TPSA) is 81.7 Å². The number of nitrogens with zero attached hydrogens (tertiary/aromatic N) is 6. The van der Waals surface area contributed by atoms with Crippen LogP contribution in [0.3, 0.4) is 0 Å². The Kier molecular flexibility index (Phi) is 7.11. The van der Waals surface area contributed by atoms with Crippen LogP contribution in [0, 0.1) is 19.7 Å². The first-order chi connectivity index (χ1) is 18.1. The van der Waals surface area contributed by atoms with Gasteiger partial charge in [0.05, 0.1) is 42.9 Å². The van der Waals surface area contributed by atoms with Crippen molar-refractivity contribution >= 4 is 17.3 Å². The first-order valence-corrected chi connectivity index (χ1v) is 13.0. The number of fused-ring (bicyclic) bond motifs is 1. The van der Waals surface area contributed by atoms with Crippen molar-refractivity contribution in [2.24, 2.45) is 0 Å². The summed E-state index contributed by atoms with van der Waals surface area (Å²) in [4.78, 5) is 7.26. The molecule has 1 N–H and O–H groups in total. The molecule has 9 nitrogen and oxygen atoms in total. The normalized spacial score (nSPS) is 14.8. The Morgan fingerprint density at radius 1 is 1.05 bits per heavy atom. The number of hydrogen-bond donors (Lipinski definition) is 1. The van der Waals surface area contributed by atoms with Crippen LogP contribution in [0.2, 0.25) is 0 Å². The molecular weight excluding hydrogens is 485 g/mol. The second-order valence-electron chi connectivity index (χ2n) is 10.8. The molecule has 38 heavy (non-hydrogen) atoms. The van der Waals surface area contributed by atoms with Gasteiger partial charge in [-0.3, -0.25) is 4.90 Å². The van der Waals surface area contributed by atoms with Gasteiger partial charge in [0.1, 0.15) is 17.4 Å². The third kappa shape index (κ3) is 5.37. The van der Waals surface area contributed by atoms with Gasteiger partial charge in [0.25, 0.3) is 0 Å². The van der Waals surface area contributed by atoms with Crippen molar-refractivity contribution in [2.75, 3.05) is 38.7 Å². The van der Waals surface area contributed by atoms with Crippen molar-refractivity contribution < 1.29 is 13.9 Å². The van der Waals surface area contributed by atoms with Crippen LogP contribution in [0.5, 0.6) is 5.75 Å². The summed E-state index contributed by atoms with van der Waals surface area (Å²) in [5.41, 5.74) is 4.77. The molecule has 1 aliphatic rings. The standard InChI is InChI=1S/C28H36FN7O2/c1-18-13-26(36(32-18)28(3,4)5)31-25-15-21(17-34-9-11-38-12-10-34)27-30-19(2)24(35(27)33-25)14-20-7-8-22(37-6)16-23(20)29/h7-8,13,15-16H,9-12,14,17H2,1-6H3,(H,31,33). The van der Waals surface area contributed by atoms with Gasteiger partial charge < -0.3 is 14.8 Å². The van der Waals surface area contributed by atoms with E-state index in [-0.39, 0.29) is 11.4 Å². The van der Waals surface area contributed by atoms with Crippen molar-refractivity contribution in [3.05, 3.63) is 64.4 Å². The van der Waals surface area contributed by atoms with E-state index in [1.165, 1.54) is 13.2 Å². The van der Waals surface area contributed by atoms with Gasteiger partial charge >= 0.3 is 0 Å². The summed E-state index contributed by atoms with van der Waals surface area (Å²) in [5.74, 6) is 1.72. The number of methoxy groups -OCH3 is 1. The van der Waals surface area contributed by atoms with E-state index in [1.54, 1.807) is 12.1 Å². The van der Waals surface area contributed by atoms with Gasteiger partial charge in [-0.2, -0.15) is 5.10 Å². The lowest BCUT2D eigenvalue weighted by atomic mass is 10.1. The molecule has 4 heterocycles. The Hall–Kier alpha value is -3.50. The molecule has 0 aliphatic carbocycles. The van der Waals surface area contributed by atoms with Gasteiger partial charge in [0.2, 0.25) is 0 Å². The van der Waals surface area contributed by atoms with E-state index in [0.29, 0.717) is 43.3 Å². The number of hydrogen-bond acceptors (Lipinski definition) is 7. The van der Waals surface area contributed by atoms with Crippen molar-refractivity contribution in [3.63, 3.8) is 0 Å². The lowest BCUT2D eigenvalue weighted by molar-refractivity contribution is 0.0343. The average molecular weight is 522 g/mol. The van der Waals surface area contributed by atoms with E-state index < -0.39 is 0 Å². The van der Waals surface area contributed by atoms with E-state index >= 15 is 0 Å². The van der Waals surface area contributed by atoms with Gasteiger partial charge in [-0.1, -0.05) is 6.07 Å². The Balaban J connectivity index is 1.59.